The predicted molar refractivity (Wildman–Crippen MR) is 84.8 cm³/mol. The van der Waals surface area contributed by atoms with E-state index in [2.05, 4.69) is 5.32 Å². The van der Waals surface area contributed by atoms with Gasteiger partial charge in [0.25, 0.3) is 5.91 Å². The van der Waals surface area contributed by atoms with Gasteiger partial charge in [0.15, 0.2) is 6.61 Å². The zero-order valence-corrected chi connectivity index (χ0v) is 14.2. The number of esters is 1. The third kappa shape index (κ3) is 3.42. The molecule has 0 unspecified atom stereocenters. The lowest BCUT2D eigenvalue weighted by Gasteiger charge is -2.13. The minimum absolute atomic E-state index is 0.297. The van der Waals surface area contributed by atoms with Crippen LogP contribution in [0.15, 0.2) is 18.2 Å². The third-order valence-corrected chi connectivity index (χ3v) is 4.81. The molecule has 0 aliphatic heterocycles. The first kappa shape index (κ1) is 17.2. The second-order valence-electron chi connectivity index (χ2n) is 5.18. The molecule has 120 valence electrons. The number of ether oxygens (including phenoxy) is 2. The van der Waals surface area contributed by atoms with Gasteiger partial charge in [-0.15, -0.1) is 23.2 Å². The molecule has 0 bridgehead atoms. The van der Waals surface area contributed by atoms with Crippen molar-refractivity contribution in [2.75, 3.05) is 19.0 Å². The quantitative estimate of drug-likeness (QED) is 0.640. The number of hydrogen-bond donors (Lipinski definition) is 1. The lowest BCUT2D eigenvalue weighted by atomic mass is 10.1. The fraction of sp³-hybridized carbons (Fsp3) is 0.429. The fourth-order valence-electron chi connectivity index (χ4n) is 1.88. The molecule has 1 aliphatic carbocycles. The van der Waals surface area contributed by atoms with Crippen LogP contribution in [0, 0.1) is 5.41 Å². The Hall–Kier alpha value is -1.17. The summed E-state index contributed by atoms with van der Waals surface area (Å²) in [4.78, 5) is 23.7. The highest BCUT2D eigenvalue weighted by Gasteiger charge is 2.69. The first-order chi connectivity index (χ1) is 10.2. The summed E-state index contributed by atoms with van der Waals surface area (Å²) in [5.41, 5.74) is -0.581. The molecule has 0 aromatic heterocycles. The Morgan fingerprint density at radius 2 is 2.00 bits per heavy atom. The smallest absolute Gasteiger partial charge is 0.315 e. The molecule has 2 rings (SSSR count). The van der Waals surface area contributed by atoms with E-state index in [1.807, 2.05) is 0 Å². The Kier molecular flexibility index (Phi) is 4.80. The van der Waals surface area contributed by atoms with Crippen molar-refractivity contribution >= 4 is 52.4 Å². The van der Waals surface area contributed by atoms with Gasteiger partial charge in [0.2, 0.25) is 0 Å². The molecule has 1 aromatic rings. The van der Waals surface area contributed by atoms with E-state index in [9.17, 15) is 9.59 Å². The highest BCUT2D eigenvalue weighted by atomic mass is 35.5. The van der Waals surface area contributed by atoms with E-state index in [0.29, 0.717) is 22.9 Å². The zero-order valence-electron chi connectivity index (χ0n) is 11.9. The first-order valence-electron chi connectivity index (χ1n) is 6.38. The molecule has 1 N–H and O–H groups in total. The molecular formula is C14H14Cl3NO4. The molecule has 8 heteroatoms. The van der Waals surface area contributed by atoms with Gasteiger partial charge < -0.3 is 14.8 Å². The summed E-state index contributed by atoms with van der Waals surface area (Å²) in [7, 11) is 1.47. The van der Waals surface area contributed by atoms with Gasteiger partial charge in [-0.3, -0.25) is 9.59 Å². The number of carbonyl (C=O) groups is 2. The monoisotopic (exact) mass is 365 g/mol. The second kappa shape index (κ2) is 6.14. The molecule has 22 heavy (non-hydrogen) atoms. The molecule has 0 radical (unpaired) electrons. The van der Waals surface area contributed by atoms with Crippen molar-refractivity contribution in [3.05, 3.63) is 23.2 Å². The minimum Gasteiger partial charge on any atom is -0.495 e. The van der Waals surface area contributed by atoms with Crippen molar-refractivity contribution in [1.82, 2.24) is 0 Å². The van der Waals surface area contributed by atoms with Crippen molar-refractivity contribution < 1.29 is 19.1 Å². The normalized spacial score (nSPS) is 21.9. The Bertz CT molecular complexity index is 620. The molecule has 0 saturated heterocycles. The van der Waals surface area contributed by atoms with Gasteiger partial charge in [0.1, 0.15) is 15.5 Å². The topological polar surface area (TPSA) is 64.6 Å². The van der Waals surface area contributed by atoms with Crippen LogP contribution < -0.4 is 10.1 Å². The van der Waals surface area contributed by atoms with E-state index in [-0.39, 0.29) is 0 Å². The molecule has 1 fully saturated rings. The summed E-state index contributed by atoms with van der Waals surface area (Å²) in [6, 6.07) is 4.78. The van der Waals surface area contributed by atoms with E-state index in [1.165, 1.54) is 13.2 Å². The van der Waals surface area contributed by atoms with Crippen LogP contribution in [0.2, 0.25) is 5.02 Å². The molecule has 1 saturated carbocycles. The summed E-state index contributed by atoms with van der Waals surface area (Å²) in [6.07, 6.45) is 0.297. The van der Waals surface area contributed by atoms with E-state index < -0.39 is 28.2 Å². The van der Waals surface area contributed by atoms with Gasteiger partial charge in [0, 0.05) is 11.4 Å². The van der Waals surface area contributed by atoms with Crippen molar-refractivity contribution in [1.29, 1.82) is 0 Å². The molecule has 5 nitrogen and oxygen atoms in total. The largest absolute Gasteiger partial charge is 0.495 e. The number of anilines is 1. The minimum atomic E-state index is -1.13. The van der Waals surface area contributed by atoms with Crippen LogP contribution in [0.3, 0.4) is 0 Å². The number of benzene rings is 1. The van der Waals surface area contributed by atoms with E-state index >= 15 is 0 Å². The van der Waals surface area contributed by atoms with Crippen LogP contribution in [-0.2, 0) is 14.3 Å². The summed E-state index contributed by atoms with van der Waals surface area (Å²) < 4.78 is 8.92. The summed E-state index contributed by atoms with van der Waals surface area (Å²) in [5.74, 6) is -0.683. The Morgan fingerprint density at radius 3 is 2.55 bits per heavy atom. The Morgan fingerprint density at radius 1 is 1.36 bits per heavy atom. The van der Waals surface area contributed by atoms with E-state index in [0.717, 1.165) is 0 Å². The summed E-state index contributed by atoms with van der Waals surface area (Å²) in [5, 5.41) is 3.00. The van der Waals surface area contributed by atoms with Crippen molar-refractivity contribution in [2.45, 2.75) is 17.7 Å². The molecule has 1 aliphatic rings. The average Bonchev–Trinajstić information content (AvgIpc) is 2.96. The lowest BCUT2D eigenvalue weighted by molar-refractivity contribution is -0.152. The number of methoxy groups -OCH3 is 1. The van der Waals surface area contributed by atoms with E-state index in [4.69, 9.17) is 44.3 Å². The zero-order chi connectivity index (χ0) is 16.5. The molecule has 1 aromatic carbocycles. The van der Waals surface area contributed by atoms with Crippen LogP contribution in [0.5, 0.6) is 5.75 Å². The van der Waals surface area contributed by atoms with Crippen molar-refractivity contribution in [3.63, 3.8) is 0 Å². The molecular weight excluding hydrogens is 353 g/mol. The first-order valence-corrected chi connectivity index (χ1v) is 7.51. The van der Waals surface area contributed by atoms with Gasteiger partial charge in [-0.2, -0.15) is 0 Å². The molecule has 0 spiro atoms. The van der Waals surface area contributed by atoms with Gasteiger partial charge in [-0.1, -0.05) is 11.6 Å². The van der Waals surface area contributed by atoms with Crippen LogP contribution in [0.4, 0.5) is 5.69 Å². The fourth-order valence-corrected chi connectivity index (χ4v) is 2.74. The maximum Gasteiger partial charge on any atom is 0.315 e. The van der Waals surface area contributed by atoms with Crippen LogP contribution in [0.1, 0.15) is 13.3 Å². The Balaban J connectivity index is 1.92. The van der Waals surface area contributed by atoms with Gasteiger partial charge in [-0.25, -0.2) is 0 Å². The van der Waals surface area contributed by atoms with Gasteiger partial charge in [-0.05, 0) is 25.1 Å². The van der Waals surface area contributed by atoms with Gasteiger partial charge in [0.05, 0.1) is 12.8 Å². The summed E-state index contributed by atoms with van der Waals surface area (Å²) in [6.45, 7) is 1.14. The van der Waals surface area contributed by atoms with Crippen LogP contribution in [0.25, 0.3) is 0 Å². The highest BCUT2D eigenvalue weighted by Crippen LogP contribution is 2.64. The SMILES string of the molecule is COc1ccc(Cl)cc1NC(=O)COC(=O)[C@@]1(C)CC1(Cl)Cl. The molecule has 1 atom stereocenters. The number of nitrogens with one attached hydrogen (secondary N) is 1. The van der Waals surface area contributed by atoms with Crippen LogP contribution in [-0.4, -0.2) is 29.9 Å². The second-order valence-corrected chi connectivity index (χ2v) is 7.10. The predicted octanol–water partition coefficient (Wildman–Crippen LogP) is 3.41. The molecule has 1 amide bonds. The number of halogens is 3. The number of amides is 1. The highest BCUT2D eigenvalue weighted by molar-refractivity contribution is 6.53. The number of alkyl halides is 2. The van der Waals surface area contributed by atoms with E-state index in [1.54, 1.807) is 19.1 Å². The average molecular weight is 367 g/mol. The van der Waals surface area contributed by atoms with Gasteiger partial charge >= 0.3 is 5.97 Å². The van der Waals surface area contributed by atoms with Crippen molar-refractivity contribution in [2.24, 2.45) is 5.41 Å². The maximum atomic E-state index is 11.9. The van der Waals surface area contributed by atoms with Crippen LogP contribution >= 0.6 is 34.8 Å². The summed E-state index contributed by atoms with van der Waals surface area (Å²) >= 11 is 17.6. The maximum absolute atomic E-state index is 11.9. The molecule has 0 heterocycles. The third-order valence-electron chi connectivity index (χ3n) is 3.48. The number of hydrogen-bond acceptors (Lipinski definition) is 4. The lowest BCUT2D eigenvalue weighted by Crippen LogP contribution is -2.26. The Labute approximate surface area is 142 Å². The number of carbonyl (C=O) groups excluding carboxylic acids is 2. The number of rotatable bonds is 5. The van der Waals surface area contributed by atoms with Crippen molar-refractivity contribution in [3.8, 4) is 5.75 Å². The standard InChI is InChI=1S/C14H14Cl3NO4/c1-13(7-14(13,16)17)12(20)22-6-11(19)18-9-5-8(15)3-4-10(9)21-2/h3-5H,6-7H2,1-2H3,(H,18,19)/t13-/m1/s1.